The monoisotopic (exact) mass is 250 g/mol. The maximum atomic E-state index is 11.4. The largest absolute Gasteiger partial charge is 0.462 e. The molecule has 3 heteroatoms. The fourth-order valence-electron chi connectivity index (χ4n) is 1.50. The number of hydrogen-bond acceptors (Lipinski definition) is 3. The maximum absolute atomic E-state index is 11.4. The Morgan fingerprint density at radius 1 is 1.24 bits per heavy atom. The van der Waals surface area contributed by atoms with Crippen LogP contribution in [0.3, 0.4) is 0 Å². The van der Waals surface area contributed by atoms with Crippen molar-refractivity contribution in [1.29, 1.82) is 0 Å². The molecule has 0 atom stereocenters. The molecule has 0 aliphatic carbocycles. The van der Waals surface area contributed by atoms with Crippen LogP contribution in [0.25, 0.3) is 0 Å². The molecule has 0 bridgehead atoms. The summed E-state index contributed by atoms with van der Waals surface area (Å²) in [6.07, 6.45) is 0.897. The Kier molecular flexibility index (Phi) is 5.29. The second-order valence-electron chi connectivity index (χ2n) is 4.32. The molecule has 0 aliphatic rings. The van der Waals surface area contributed by atoms with Gasteiger partial charge in [-0.05, 0) is 37.0 Å². The van der Waals surface area contributed by atoms with Crippen molar-refractivity contribution < 1.29 is 9.53 Å². The lowest BCUT2D eigenvalue weighted by atomic mass is 10.0. The first-order valence-electron chi connectivity index (χ1n) is 5.85. The van der Waals surface area contributed by atoms with E-state index in [2.05, 4.69) is 13.8 Å². The Morgan fingerprint density at radius 2 is 1.76 bits per heavy atom. The summed E-state index contributed by atoms with van der Waals surface area (Å²) in [6, 6.07) is 7.30. The Morgan fingerprint density at radius 3 is 2.24 bits per heavy atom. The predicted octanol–water partition coefficient (Wildman–Crippen LogP) is 3.63. The Bertz CT molecular complexity index is 393. The number of hydrogen-bond donors (Lipinski definition) is 0. The molecule has 2 nitrogen and oxygen atoms in total. The van der Waals surface area contributed by atoms with E-state index in [9.17, 15) is 4.79 Å². The molecule has 0 radical (unpaired) electrons. The first-order chi connectivity index (χ1) is 8.04. The molecule has 0 spiro atoms. The molecule has 92 valence electrons. The summed E-state index contributed by atoms with van der Waals surface area (Å²) in [5.41, 5.74) is 1.59. The van der Waals surface area contributed by atoms with Crippen molar-refractivity contribution in [2.45, 2.75) is 27.2 Å². The van der Waals surface area contributed by atoms with E-state index >= 15 is 0 Å². The van der Waals surface area contributed by atoms with Crippen LogP contribution < -0.4 is 0 Å². The van der Waals surface area contributed by atoms with Gasteiger partial charge in [0, 0.05) is 4.86 Å². The van der Waals surface area contributed by atoms with E-state index < -0.39 is 0 Å². The van der Waals surface area contributed by atoms with Gasteiger partial charge in [-0.3, -0.25) is 0 Å². The molecule has 0 heterocycles. The van der Waals surface area contributed by atoms with E-state index in [0.717, 1.165) is 16.8 Å². The van der Waals surface area contributed by atoms with Crippen molar-refractivity contribution in [2.24, 2.45) is 5.92 Å². The highest BCUT2D eigenvalue weighted by Gasteiger charge is 2.08. The maximum Gasteiger partial charge on any atom is 0.338 e. The van der Waals surface area contributed by atoms with Gasteiger partial charge in [0.05, 0.1) is 12.2 Å². The second-order valence-corrected chi connectivity index (χ2v) is 4.81. The minimum Gasteiger partial charge on any atom is -0.462 e. The highest BCUT2D eigenvalue weighted by atomic mass is 32.1. The van der Waals surface area contributed by atoms with E-state index in [0.29, 0.717) is 18.1 Å². The molecule has 0 saturated heterocycles. The van der Waals surface area contributed by atoms with Crippen molar-refractivity contribution in [2.75, 3.05) is 6.61 Å². The zero-order valence-electron chi connectivity index (χ0n) is 10.5. The first kappa shape index (κ1) is 13.8. The van der Waals surface area contributed by atoms with Crippen LogP contribution in [-0.2, 0) is 4.74 Å². The second kappa shape index (κ2) is 6.50. The highest BCUT2D eigenvalue weighted by Crippen LogP contribution is 2.12. The molecule has 17 heavy (non-hydrogen) atoms. The van der Waals surface area contributed by atoms with E-state index in [-0.39, 0.29) is 5.97 Å². The molecule has 1 aromatic rings. The quantitative estimate of drug-likeness (QED) is 0.453. The number of benzene rings is 1. The van der Waals surface area contributed by atoms with E-state index in [1.807, 2.05) is 12.1 Å². The van der Waals surface area contributed by atoms with Gasteiger partial charge in [0.25, 0.3) is 0 Å². The Labute approximate surface area is 108 Å². The van der Waals surface area contributed by atoms with Crippen molar-refractivity contribution >= 4 is 23.1 Å². The van der Waals surface area contributed by atoms with Gasteiger partial charge in [0.2, 0.25) is 0 Å². The first-order valence-corrected chi connectivity index (χ1v) is 6.25. The molecule has 0 fully saturated rings. The van der Waals surface area contributed by atoms with Crippen LogP contribution in [0, 0.1) is 5.92 Å². The molecule has 0 aromatic heterocycles. The summed E-state index contributed by atoms with van der Waals surface area (Å²) in [6.45, 7) is 6.47. The van der Waals surface area contributed by atoms with E-state index in [1.165, 1.54) is 0 Å². The third-order valence-electron chi connectivity index (χ3n) is 2.31. The van der Waals surface area contributed by atoms with Crippen molar-refractivity contribution in [3.63, 3.8) is 0 Å². The van der Waals surface area contributed by atoms with Gasteiger partial charge < -0.3 is 4.74 Å². The summed E-state index contributed by atoms with van der Waals surface area (Å²) in [5.74, 6) is 0.265. The Hall–Kier alpha value is -1.22. The predicted molar refractivity (Wildman–Crippen MR) is 73.6 cm³/mol. The van der Waals surface area contributed by atoms with Crippen LogP contribution in [0.2, 0.25) is 0 Å². The number of thiocarbonyl (C=S) groups is 1. The lowest BCUT2D eigenvalue weighted by Crippen LogP contribution is -2.06. The van der Waals surface area contributed by atoms with Crippen LogP contribution in [-0.4, -0.2) is 17.4 Å². The smallest absolute Gasteiger partial charge is 0.338 e. The molecule has 0 saturated carbocycles. The van der Waals surface area contributed by atoms with E-state index in [1.54, 1.807) is 19.1 Å². The normalized spacial score (nSPS) is 10.4. The molecule has 0 aliphatic heterocycles. The minimum atomic E-state index is -0.283. The summed E-state index contributed by atoms with van der Waals surface area (Å²) in [5, 5.41) is 0. The Balaban J connectivity index is 2.74. The third kappa shape index (κ3) is 4.27. The third-order valence-corrected chi connectivity index (χ3v) is 2.71. The summed E-state index contributed by atoms with van der Waals surface area (Å²) < 4.78 is 4.92. The lowest BCUT2D eigenvalue weighted by Gasteiger charge is -2.07. The van der Waals surface area contributed by atoms with Gasteiger partial charge in [-0.25, -0.2) is 4.79 Å². The van der Waals surface area contributed by atoms with Crippen LogP contribution in [0.15, 0.2) is 24.3 Å². The zero-order chi connectivity index (χ0) is 12.8. The number of ether oxygens (including phenoxy) is 1. The number of esters is 1. The SMILES string of the molecule is CCOC(=O)c1ccc(C(=S)CC(C)C)cc1. The van der Waals surface area contributed by atoms with Crippen molar-refractivity contribution in [1.82, 2.24) is 0 Å². The molecule has 0 N–H and O–H groups in total. The van der Waals surface area contributed by atoms with Crippen LogP contribution in [0.4, 0.5) is 0 Å². The van der Waals surface area contributed by atoms with Gasteiger partial charge in [0.1, 0.15) is 0 Å². The average Bonchev–Trinajstić information content (AvgIpc) is 2.28. The molecule has 0 amide bonds. The van der Waals surface area contributed by atoms with E-state index in [4.69, 9.17) is 17.0 Å². The topological polar surface area (TPSA) is 26.3 Å². The number of carbonyl (C=O) groups is 1. The molecule has 1 rings (SSSR count). The van der Waals surface area contributed by atoms with Gasteiger partial charge in [-0.15, -0.1) is 0 Å². The summed E-state index contributed by atoms with van der Waals surface area (Å²) in [7, 11) is 0. The number of rotatable bonds is 5. The van der Waals surface area contributed by atoms with Gasteiger partial charge in [-0.1, -0.05) is 38.2 Å². The van der Waals surface area contributed by atoms with Gasteiger partial charge in [0.15, 0.2) is 0 Å². The van der Waals surface area contributed by atoms with Crippen molar-refractivity contribution in [3.05, 3.63) is 35.4 Å². The zero-order valence-corrected chi connectivity index (χ0v) is 11.3. The fraction of sp³-hybridized carbons (Fsp3) is 0.429. The minimum absolute atomic E-state index is 0.283. The van der Waals surface area contributed by atoms with Crippen LogP contribution in [0.1, 0.15) is 43.1 Å². The molecular formula is C14H18O2S. The molecule has 1 aromatic carbocycles. The van der Waals surface area contributed by atoms with Gasteiger partial charge in [-0.2, -0.15) is 0 Å². The standard InChI is InChI=1S/C14H18O2S/c1-4-16-14(15)12-7-5-11(6-8-12)13(17)9-10(2)3/h5-8,10H,4,9H2,1-3H3. The van der Waals surface area contributed by atoms with Gasteiger partial charge >= 0.3 is 5.97 Å². The highest BCUT2D eigenvalue weighted by molar-refractivity contribution is 7.80. The van der Waals surface area contributed by atoms with Crippen LogP contribution in [0.5, 0.6) is 0 Å². The summed E-state index contributed by atoms with van der Waals surface area (Å²) in [4.78, 5) is 12.4. The molecule has 0 unspecified atom stereocenters. The molecular weight excluding hydrogens is 232 g/mol. The number of carbonyl (C=O) groups excluding carboxylic acids is 1. The summed E-state index contributed by atoms with van der Waals surface area (Å²) >= 11 is 5.34. The fourth-order valence-corrected chi connectivity index (χ4v) is 1.96. The average molecular weight is 250 g/mol. The van der Waals surface area contributed by atoms with Crippen molar-refractivity contribution in [3.8, 4) is 0 Å². The van der Waals surface area contributed by atoms with Crippen LogP contribution >= 0.6 is 12.2 Å². The lowest BCUT2D eigenvalue weighted by molar-refractivity contribution is 0.0526.